The summed E-state index contributed by atoms with van der Waals surface area (Å²) < 4.78 is 1.56. The van der Waals surface area contributed by atoms with Gasteiger partial charge >= 0.3 is 0 Å². The average Bonchev–Trinajstić information content (AvgIpc) is 2.54. The summed E-state index contributed by atoms with van der Waals surface area (Å²) in [7, 11) is 0. The van der Waals surface area contributed by atoms with E-state index >= 15 is 0 Å². The van der Waals surface area contributed by atoms with Gasteiger partial charge in [0.25, 0.3) is 0 Å². The van der Waals surface area contributed by atoms with E-state index in [9.17, 15) is 9.59 Å². The number of aryl methyl sites for hydroxylation is 1. The van der Waals surface area contributed by atoms with E-state index < -0.39 is 0 Å². The van der Waals surface area contributed by atoms with Gasteiger partial charge < -0.3 is 16.4 Å². The van der Waals surface area contributed by atoms with Gasteiger partial charge in [-0.1, -0.05) is 0 Å². The molecule has 1 aromatic heterocycles. The first-order valence-corrected chi connectivity index (χ1v) is 6.97. The number of nitrogens with one attached hydrogen (secondary N) is 2. The maximum Gasteiger partial charge on any atom is 0.241 e. The molecule has 21 heavy (non-hydrogen) atoms. The van der Waals surface area contributed by atoms with E-state index in [1.807, 2.05) is 27.7 Å². The zero-order chi connectivity index (χ0) is 16.2. The Bertz CT molecular complexity index is 528. The van der Waals surface area contributed by atoms with Gasteiger partial charge in [0.15, 0.2) is 0 Å². The van der Waals surface area contributed by atoms with Crippen molar-refractivity contribution in [2.24, 2.45) is 0 Å². The molecule has 0 aromatic carbocycles. The van der Waals surface area contributed by atoms with Crippen LogP contribution in [0.5, 0.6) is 0 Å². The first kappa shape index (κ1) is 17.0. The average molecular weight is 295 g/mol. The molecular weight excluding hydrogens is 270 g/mol. The number of hydrogen-bond acceptors (Lipinski definition) is 4. The SMILES string of the molecule is Cc1nn(CC(=O)NCCC(=O)NC(C)(C)C)c(C)c1N. The highest BCUT2D eigenvalue weighted by Gasteiger charge is 2.14. The van der Waals surface area contributed by atoms with Gasteiger partial charge in [-0.2, -0.15) is 5.10 Å². The fourth-order valence-electron chi connectivity index (χ4n) is 1.85. The van der Waals surface area contributed by atoms with Crippen LogP contribution in [-0.4, -0.2) is 33.7 Å². The highest BCUT2D eigenvalue weighted by molar-refractivity contribution is 5.79. The highest BCUT2D eigenvalue weighted by atomic mass is 16.2. The molecule has 0 aliphatic rings. The molecule has 0 bridgehead atoms. The molecule has 7 heteroatoms. The summed E-state index contributed by atoms with van der Waals surface area (Å²) in [4.78, 5) is 23.4. The monoisotopic (exact) mass is 295 g/mol. The van der Waals surface area contributed by atoms with Gasteiger partial charge in [-0.25, -0.2) is 0 Å². The molecule has 4 N–H and O–H groups in total. The van der Waals surface area contributed by atoms with Crippen LogP contribution in [0.4, 0.5) is 5.69 Å². The second-order valence-corrected chi connectivity index (χ2v) is 6.14. The Hall–Kier alpha value is -2.05. The van der Waals surface area contributed by atoms with Crippen LogP contribution < -0.4 is 16.4 Å². The minimum absolute atomic E-state index is 0.0850. The zero-order valence-corrected chi connectivity index (χ0v) is 13.4. The van der Waals surface area contributed by atoms with Gasteiger partial charge in [-0.3, -0.25) is 14.3 Å². The smallest absolute Gasteiger partial charge is 0.241 e. The second kappa shape index (κ2) is 6.60. The van der Waals surface area contributed by atoms with Crippen LogP contribution in [0.15, 0.2) is 0 Å². The summed E-state index contributed by atoms with van der Waals surface area (Å²) in [5, 5.41) is 9.73. The number of nitrogens with two attached hydrogens (primary N) is 1. The topological polar surface area (TPSA) is 102 Å². The van der Waals surface area contributed by atoms with E-state index in [2.05, 4.69) is 15.7 Å². The van der Waals surface area contributed by atoms with Gasteiger partial charge in [0.1, 0.15) is 6.54 Å². The van der Waals surface area contributed by atoms with E-state index in [0.29, 0.717) is 17.9 Å². The molecule has 0 fully saturated rings. The van der Waals surface area contributed by atoms with E-state index in [0.717, 1.165) is 5.69 Å². The van der Waals surface area contributed by atoms with Crippen molar-refractivity contribution in [3.63, 3.8) is 0 Å². The van der Waals surface area contributed by atoms with Gasteiger partial charge in [-0.05, 0) is 34.6 Å². The Morgan fingerprint density at radius 3 is 2.33 bits per heavy atom. The van der Waals surface area contributed by atoms with Crippen LogP contribution in [0.25, 0.3) is 0 Å². The van der Waals surface area contributed by atoms with Crippen molar-refractivity contribution in [3.05, 3.63) is 11.4 Å². The minimum Gasteiger partial charge on any atom is -0.396 e. The number of rotatable bonds is 5. The number of anilines is 1. The van der Waals surface area contributed by atoms with Crippen LogP contribution in [0.3, 0.4) is 0 Å². The maximum atomic E-state index is 11.8. The molecule has 0 saturated carbocycles. The number of nitrogens with zero attached hydrogens (tertiary/aromatic N) is 2. The molecule has 0 aliphatic carbocycles. The molecular formula is C14H25N5O2. The summed E-state index contributed by atoms with van der Waals surface area (Å²) in [5.41, 5.74) is 7.64. The fourth-order valence-corrected chi connectivity index (χ4v) is 1.85. The normalized spacial score (nSPS) is 11.3. The van der Waals surface area contributed by atoms with Gasteiger partial charge in [-0.15, -0.1) is 0 Å². The van der Waals surface area contributed by atoms with Crippen LogP contribution in [0.1, 0.15) is 38.6 Å². The maximum absolute atomic E-state index is 11.8. The number of carbonyl (C=O) groups excluding carboxylic acids is 2. The van der Waals surface area contributed by atoms with Crippen molar-refractivity contribution in [2.75, 3.05) is 12.3 Å². The summed E-state index contributed by atoms with van der Waals surface area (Å²) in [5.74, 6) is -0.276. The number of amides is 2. The molecule has 118 valence electrons. The lowest BCUT2D eigenvalue weighted by molar-refractivity contribution is -0.123. The van der Waals surface area contributed by atoms with E-state index in [1.54, 1.807) is 11.6 Å². The third kappa shape index (κ3) is 5.45. The lowest BCUT2D eigenvalue weighted by Gasteiger charge is -2.20. The number of hydrogen-bond donors (Lipinski definition) is 3. The first-order valence-electron chi connectivity index (χ1n) is 6.97. The highest BCUT2D eigenvalue weighted by Crippen LogP contribution is 2.14. The minimum atomic E-state index is -0.262. The molecule has 2 amide bonds. The molecule has 7 nitrogen and oxygen atoms in total. The molecule has 1 heterocycles. The van der Waals surface area contributed by atoms with Crippen molar-refractivity contribution < 1.29 is 9.59 Å². The Labute approximate surface area is 125 Å². The molecule has 0 saturated heterocycles. The van der Waals surface area contributed by atoms with Gasteiger partial charge in [0.05, 0.1) is 17.1 Å². The van der Waals surface area contributed by atoms with Gasteiger partial charge in [0, 0.05) is 18.5 Å². The van der Waals surface area contributed by atoms with E-state index in [4.69, 9.17) is 5.73 Å². The van der Waals surface area contributed by atoms with Crippen molar-refractivity contribution in [2.45, 2.75) is 53.1 Å². The molecule has 0 aliphatic heterocycles. The Morgan fingerprint density at radius 2 is 1.86 bits per heavy atom. The Morgan fingerprint density at radius 1 is 1.24 bits per heavy atom. The number of nitrogen functional groups attached to an aromatic ring is 1. The fraction of sp³-hybridized carbons (Fsp3) is 0.643. The lowest BCUT2D eigenvalue weighted by Crippen LogP contribution is -2.42. The van der Waals surface area contributed by atoms with Crippen molar-refractivity contribution in [3.8, 4) is 0 Å². The van der Waals surface area contributed by atoms with Crippen molar-refractivity contribution in [1.29, 1.82) is 0 Å². The molecule has 0 unspecified atom stereocenters. The number of aromatic nitrogens is 2. The van der Waals surface area contributed by atoms with Crippen LogP contribution in [-0.2, 0) is 16.1 Å². The Kier molecular flexibility index (Phi) is 5.34. The summed E-state index contributed by atoms with van der Waals surface area (Å²) >= 11 is 0. The molecule has 1 aromatic rings. The largest absolute Gasteiger partial charge is 0.396 e. The summed E-state index contributed by atoms with van der Waals surface area (Å²) in [6.07, 6.45) is 0.252. The number of carbonyl (C=O) groups is 2. The lowest BCUT2D eigenvalue weighted by atomic mass is 10.1. The molecule has 0 spiro atoms. The zero-order valence-electron chi connectivity index (χ0n) is 13.4. The molecule has 0 atom stereocenters. The summed E-state index contributed by atoms with van der Waals surface area (Å²) in [6, 6.07) is 0. The van der Waals surface area contributed by atoms with Crippen LogP contribution >= 0.6 is 0 Å². The standard InChI is InChI=1S/C14H25N5O2/c1-9-13(15)10(2)19(18-9)8-12(21)16-7-6-11(20)17-14(3,4)5/h6-8,15H2,1-5H3,(H,16,21)(H,17,20). The molecule has 0 radical (unpaired) electrons. The summed E-state index contributed by atoms with van der Waals surface area (Å²) in [6.45, 7) is 9.76. The second-order valence-electron chi connectivity index (χ2n) is 6.14. The Balaban J connectivity index is 2.38. The van der Waals surface area contributed by atoms with E-state index in [-0.39, 0.29) is 30.3 Å². The molecule has 1 rings (SSSR count). The predicted molar refractivity (Wildman–Crippen MR) is 81.6 cm³/mol. The predicted octanol–water partition coefficient (Wildman–Crippen LogP) is 0.503. The third-order valence-electron chi connectivity index (χ3n) is 2.92. The third-order valence-corrected chi connectivity index (χ3v) is 2.92. The van der Waals surface area contributed by atoms with Crippen molar-refractivity contribution >= 4 is 17.5 Å². The van der Waals surface area contributed by atoms with Crippen molar-refractivity contribution in [1.82, 2.24) is 20.4 Å². The van der Waals surface area contributed by atoms with Crippen LogP contribution in [0, 0.1) is 13.8 Å². The van der Waals surface area contributed by atoms with Gasteiger partial charge in [0.2, 0.25) is 11.8 Å². The quantitative estimate of drug-likeness (QED) is 0.736. The van der Waals surface area contributed by atoms with E-state index in [1.165, 1.54) is 0 Å². The first-order chi connectivity index (χ1) is 9.60. The van der Waals surface area contributed by atoms with Crippen LogP contribution in [0.2, 0.25) is 0 Å².